The zero-order chi connectivity index (χ0) is 18.6. The van der Waals surface area contributed by atoms with E-state index in [-0.39, 0.29) is 6.03 Å². The summed E-state index contributed by atoms with van der Waals surface area (Å²) in [5, 5.41) is 7.03. The van der Waals surface area contributed by atoms with Crippen LogP contribution in [-0.4, -0.2) is 30.6 Å². The van der Waals surface area contributed by atoms with Crippen molar-refractivity contribution in [2.45, 2.75) is 19.8 Å². The number of amides is 2. The first-order valence-electron chi connectivity index (χ1n) is 9.39. The van der Waals surface area contributed by atoms with Crippen LogP contribution in [0.1, 0.15) is 18.4 Å². The van der Waals surface area contributed by atoms with Crippen molar-refractivity contribution in [3.05, 3.63) is 54.1 Å². The van der Waals surface area contributed by atoms with Crippen molar-refractivity contribution >= 4 is 38.4 Å². The molecule has 1 saturated heterocycles. The molecule has 4 rings (SSSR count). The number of anilines is 2. The quantitative estimate of drug-likeness (QED) is 0.693. The fraction of sp³-hybridized carbons (Fsp3) is 0.333. The van der Waals surface area contributed by atoms with E-state index in [1.54, 1.807) is 11.3 Å². The SMILES string of the molecule is Cc1cccc(NC(=O)NCC2CCN(c3nc4ccccc4s3)CC2)c1. The highest BCUT2D eigenvalue weighted by atomic mass is 32.1. The number of hydrogen-bond donors (Lipinski definition) is 2. The summed E-state index contributed by atoms with van der Waals surface area (Å²) in [6.45, 7) is 4.71. The molecule has 0 radical (unpaired) electrons. The van der Waals surface area contributed by atoms with Crippen molar-refractivity contribution in [3.8, 4) is 0 Å². The molecule has 0 aliphatic carbocycles. The highest BCUT2D eigenvalue weighted by Gasteiger charge is 2.22. The number of rotatable bonds is 4. The zero-order valence-corrected chi connectivity index (χ0v) is 16.3. The topological polar surface area (TPSA) is 57.3 Å². The van der Waals surface area contributed by atoms with Gasteiger partial charge in [0.2, 0.25) is 0 Å². The van der Waals surface area contributed by atoms with Crippen molar-refractivity contribution in [1.82, 2.24) is 10.3 Å². The summed E-state index contributed by atoms with van der Waals surface area (Å²) in [6, 6.07) is 16.0. The summed E-state index contributed by atoms with van der Waals surface area (Å²) < 4.78 is 1.24. The molecular weight excluding hydrogens is 356 g/mol. The molecule has 0 unspecified atom stereocenters. The monoisotopic (exact) mass is 380 g/mol. The first-order valence-corrected chi connectivity index (χ1v) is 10.2. The van der Waals surface area contributed by atoms with Crippen molar-refractivity contribution in [3.63, 3.8) is 0 Å². The highest BCUT2D eigenvalue weighted by Crippen LogP contribution is 2.31. The van der Waals surface area contributed by atoms with Crippen molar-refractivity contribution in [2.75, 3.05) is 29.9 Å². The van der Waals surface area contributed by atoms with Crippen LogP contribution in [0.5, 0.6) is 0 Å². The van der Waals surface area contributed by atoms with Crippen LogP contribution in [0, 0.1) is 12.8 Å². The Balaban J connectivity index is 1.25. The predicted octanol–water partition coefficient (Wildman–Crippen LogP) is 4.64. The summed E-state index contributed by atoms with van der Waals surface area (Å²) in [4.78, 5) is 19.2. The Morgan fingerprint density at radius 2 is 2.00 bits per heavy atom. The first kappa shape index (κ1) is 17.8. The Morgan fingerprint density at radius 1 is 1.19 bits per heavy atom. The molecule has 3 aromatic rings. The number of fused-ring (bicyclic) bond motifs is 1. The molecule has 0 atom stereocenters. The molecule has 1 aromatic heterocycles. The summed E-state index contributed by atoms with van der Waals surface area (Å²) in [5.41, 5.74) is 3.04. The minimum Gasteiger partial charge on any atom is -0.348 e. The molecule has 6 heteroatoms. The summed E-state index contributed by atoms with van der Waals surface area (Å²) in [6.07, 6.45) is 2.14. The average molecular weight is 381 g/mol. The number of carbonyl (C=O) groups is 1. The lowest BCUT2D eigenvalue weighted by Gasteiger charge is -2.31. The molecular formula is C21H24N4OS. The molecule has 2 heterocycles. The van der Waals surface area contributed by atoms with Crippen LogP contribution >= 0.6 is 11.3 Å². The molecule has 1 fully saturated rings. The molecule has 0 saturated carbocycles. The number of carbonyl (C=O) groups excluding carboxylic acids is 1. The first-order chi connectivity index (χ1) is 13.2. The van der Waals surface area contributed by atoms with Crippen LogP contribution in [0.3, 0.4) is 0 Å². The second kappa shape index (κ2) is 7.96. The number of nitrogens with zero attached hydrogens (tertiary/aromatic N) is 2. The maximum Gasteiger partial charge on any atom is 0.319 e. The number of para-hydroxylation sites is 1. The predicted molar refractivity (Wildman–Crippen MR) is 113 cm³/mol. The van der Waals surface area contributed by atoms with Gasteiger partial charge in [0.1, 0.15) is 0 Å². The number of nitrogens with one attached hydrogen (secondary N) is 2. The normalized spacial score (nSPS) is 15.1. The van der Waals surface area contributed by atoms with Gasteiger partial charge in [-0.25, -0.2) is 9.78 Å². The smallest absolute Gasteiger partial charge is 0.319 e. The standard InChI is InChI=1S/C21H24N4OS/c1-15-5-4-6-17(13-15)23-20(26)22-14-16-9-11-25(12-10-16)21-24-18-7-2-3-8-19(18)27-21/h2-8,13,16H,9-12,14H2,1H3,(H2,22,23,26). The van der Waals surface area contributed by atoms with Crippen LogP contribution in [0.25, 0.3) is 10.2 Å². The number of hydrogen-bond acceptors (Lipinski definition) is 4. The fourth-order valence-electron chi connectivity index (χ4n) is 3.46. The van der Waals surface area contributed by atoms with E-state index < -0.39 is 0 Å². The third kappa shape index (κ3) is 4.39. The van der Waals surface area contributed by atoms with Gasteiger partial charge in [0.25, 0.3) is 0 Å². The van der Waals surface area contributed by atoms with Gasteiger partial charge < -0.3 is 15.5 Å². The number of piperidine rings is 1. The van der Waals surface area contributed by atoms with E-state index in [1.165, 1.54) is 4.70 Å². The average Bonchev–Trinajstić information content (AvgIpc) is 3.11. The van der Waals surface area contributed by atoms with Gasteiger partial charge in [-0.1, -0.05) is 35.6 Å². The van der Waals surface area contributed by atoms with Crippen LogP contribution in [0.15, 0.2) is 48.5 Å². The van der Waals surface area contributed by atoms with E-state index in [0.717, 1.165) is 47.8 Å². The van der Waals surface area contributed by atoms with Gasteiger partial charge in [-0.2, -0.15) is 0 Å². The van der Waals surface area contributed by atoms with Crippen LogP contribution < -0.4 is 15.5 Å². The highest BCUT2D eigenvalue weighted by molar-refractivity contribution is 7.22. The third-order valence-electron chi connectivity index (χ3n) is 4.99. The van der Waals surface area contributed by atoms with Crippen LogP contribution in [0.2, 0.25) is 0 Å². The van der Waals surface area contributed by atoms with Crippen molar-refractivity contribution < 1.29 is 4.79 Å². The van der Waals surface area contributed by atoms with Gasteiger partial charge in [-0.15, -0.1) is 0 Å². The molecule has 5 nitrogen and oxygen atoms in total. The van der Waals surface area contributed by atoms with Gasteiger partial charge in [0, 0.05) is 25.3 Å². The van der Waals surface area contributed by atoms with Gasteiger partial charge in [-0.3, -0.25) is 0 Å². The maximum absolute atomic E-state index is 12.1. The van der Waals surface area contributed by atoms with Gasteiger partial charge in [0.15, 0.2) is 5.13 Å². The number of urea groups is 1. The lowest BCUT2D eigenvalue weighted by atomic mass is 9.97. The minimum atomic E-state index is -0.130. The van der Waals surface area contributed by atoms with Gasteiger partial charge >= 0.3 is 6.03 Å². The van der Waals surface area contributed by atoms with E-state index in [0.29, 0.717) is 12.5 Å². The Bertz CT molecular complexity index is 898. The Hall–Kier alpha value is -2.60. The van der Waals surface area contributed by atoms with E-state index in [1.807, 2.05) is 37.3 Å². The Morgan fingerprint density at radius 3 is 2.78 bits per heavy atom. The summed E-state index contributed by atoms with van der Waals surface area (Å²) in [5.74, 6) is 0.513. The lowest BCUT2D eigenvalue weighted by Crippen LogP contribution is -2.39. The molecule has 27 heavy (non-hydrogen) atoms. The number of aryl methyl sites for hydroxylation is 1. The molecule has 140 valence electrons. The summed E-state index contributed by atoms with van der Waals surface area (Å²) in [7, 11) is 0. The Kier molecular flexibility index (Phi) is 5.25. The molecule has 2 N–H and O–H groups in total. The van der Waals surface area contributed by atoms with Crippen LogP contribution in [-0.2, 0) is 0 Å². The summed E-state index contributed by atoms with van der Waals surface area (Å²) >= 11 is 1.76. The minimum absolute atomic E-state index is 0.130. The number of benzene rings is 2. The molecule has 1 aliphatic heterocycles. The van der Waals surface area contributed by atoms with Gasteiger partial charge in [-0.05, 0) is 55.5 Å². The molecule has 2 amide bonds. The van der Waals surface area contributed by atoms with Gasteiger partial charge in [0.05, 0.1) is 10.2 Å². The molecule has 0 bridgehead atoms. The number of aromatic nitrogens is 1. The van der Waals surface area contributed by atoms with Crippen molar-refractivity contribution in [1.29, 1.82) is 0 Å². The molecule has 2 aromatic carbocycles. The fourth-order valence-corrected chi connectivity index (χ4v) is 4.48. The maximum atomic E-state index is 12.1. The Labute approximate surface area is 163 Å². The number of thiazole rings is 1. The van der Waals surface area contributed by atoms with Crippen LogP contribution in [0.4, 0.5) is 15.6 Å². The van der Waals surface area contributed by atoms with E-state index in [2.05, 4.69) is 33.7 Å². The zero-order valence-electron chi connectivity index (χ0n) is 15.4. The second-order valence-corrected chi connectivity index (χ2v) is 8.11. The van der Waals surface area contributed by atoms with E-state index in [9.17, 15) is 4.79 Å². The third-order valence-corrected chi connectivity index (χ3v) is 6.09. The van der Waals surface area contributed by atoms with E-state index >= 15 is 0 Å². The molecule has 1 aliphatic rings. The lowest BCUT2D eigenvalue weighted by molar-refractivity contribution is 0.248. The van der Waals surface area contributed by atoms with Crippen molar-refractivity contribution in [2.24, 2.45) is 5.92 Å². The largest absolute Gasteiger partial charge is 0.348 e. The van der Waals surface area contributed by atoms with E-state index in [4.69, 9.17) is 4.98 Å². The molecule has 0 spiro atoms. The second-order valence-electron chi connectivity index (χ2n) is 7.10.